The van der Waals surface area contributed by atoms with Gasteiger partial charge in [0.1, 0.15) is 0 Å². The maximum atomic E-state index is 11.1. The molecule has 0 saturated heterocycles. The second-order valence-corrected chi connectivity index (χ2v) is 8.70. The summed E-state index contributed by atoms with van der Waals surface area (Å²) in [6, 6.07) is 0.801. The summed E-state index contributed by atoms with van der Waals surface area (Å²) in [6.07, 6.45) is 2.05. The quantitative estimate of drug-likeness (QED) is 0.370. The van der Waals surface area contributed by atoms with Gasteiger partial charge >= 0.3 is 14.5 Å². The Kier molecular flexibility index (Phi) is 8.21. The molecule has 1 atom stereocenters. The second-order valence-electron chi connectivity index (χ2n) is 5.46. The summed E-state index contributed by atoms with van der Waals surface area (Å²) in [5, 5.41) is 0. The summed E-state index contributed by atoms with van der Waals surface area (Å²) in [6.45, 7) is 15.4. The molecule has 0 N–H and O–H groups in total. The summed E-state index contributed by atoms with van der Waals surface area (Å²) in [4.78, 5) is 11.1. The number of carbonyl (C=O) groups is 1. The van der Waals surface area contributed by atoms with Gasteiger partial charge in [0.15, 0.2) is 0 Å². The number of hydrogen-bond donors (Lipinski definition) is 0. The van der Waals surface area contributed by atoms with Crippen LogP contribution in [0.5, 0.6) is 0 Å². The largest absolute Gasteiger partial charge is 0.460 e. The molecular weight excluding hydrogens is 260 g/mol. The van der Waals surface area contributed by atoms with Crippen LogP contribution in [0.4, 0.5) is 0 Å². The number of ether oxygens (including phenoxy) is 1. The topological polar surface area (TPSA) is 44.8 Å². The van der Waals surface area contributed by atoms with Gasteiger partial charge in [0, 0.05) is 18.3 Å². The van der Waals surface area contributed by atoms with Gasteiger partial charge in [-0.3, -0.25) is 0 Å². The molecule has 0 aliphatic rings. The molecule has 0 amide bonds. The highest BCUT2D eigenvalue weighted by molar-refractivity contribution is 6.66. The van der Waals surface area contributed by atoms with E-state index in [4.69, 9.17) is 13.6 Å². The molecule has 19 heavy (non-hydrogen) atoms. The lowest BCUT2D eigenvalue weighted by Gasteiger charge is -2.31. The zero-order valence-electron chi connectivity index (χ0n) is 13.1. The van der Waals surface area contributed by atoms with Crippen molar-refractivity contribution in [3.63, 3.8) is 0 Å². The minimum Gasteiger partial charge on any atom is -0.460 e. The first-order valence-corrected chi connectivity index (χ1v) is 9.39. The van der Waals surface area contributed by atoms with Crippen molar-refractivity contribution in [2.24, 2.45) is 0 Å². The third kappa shape index (κ3) is 8.97. The lowest BCUT2D eigenvalue weighted by atomic mass is 10.3. The zero-order valence-corrected chi connectivity index (χ0v) is 14.1. The molecule has 1 unspecified atom stereocenters. The van der Waals surface area contributed by atoms with Gasteiger partial charge in [-0.1, -0.05) is 6.58 Å². The fourth-order valence-electron chi connectivity index (χ4n) is 1.91. The average Bonchev–Trinajstić information content (AvgIpc) is 2.24. The van der Waals surface area contributed by atoms with E-state index >= 15 is 0 Å². The van der Waals surface area contributed by atoms with Crippen LogP contribution in [0.2, 0.25) is 12.6 Å². The smallest absolute Gasteiger partial charge is 0.335 e. The van der Waals surface area contributed by atoms with Crippen molar-refractivity contribution in [1.29, 1.82) is 0 Å². The highest BCUT2D eigenvalue weighted by Gasteiger charge is 2.34. The van der Waals surface area contributed by atoms with E-state index in [2.05, 4.69) is 13.1 Å². The van der Waals surface area contributed by atoms with Crippen LogP contribution in [-0.4, -0.2) is 32.8 Å². The molecular formula is C14H28O4Si. The fourth-order valence-corrected chi connectivity index (χ4v) is 5.13. The Bertz CT molecular complexity index is 279. The van der Waals surface area contributed by atoms with Crippen molar-refractivity contribution in [3.8, 4) is 0 Å². The third-order valence-electron chi connectivity index (χ3n) is 2.46. The first-order valence-electron chi connectivity index (χ1n) is 6.87. The normalized spacial score (nSPS) is 13.7. The van der Waals surface area contributed by atoms with E-state index in [1.807, 2.05) is 34.6 Å². The van der Waals surface area contributed by atoms with Crippen LogP contribution in [0, 0.1) is 0 Å². The van der Waals surface area contributed by atoms with Crippen LogP contribution in [0.15, 0.2) is 12.7 Å². The Morgan fingerprint density at radius 3 is 2.00 bits per heavy atom. The van der Waals surface area contributed by atoms with Gasteiger partial charge in [-0.15, -0.1) is 0 Å². The van der Waals surface area contributed by atoms with Crippen molar-refractivity contribution in [2.45, 2.75) is 71.9 Å². The SMILES string of the molecule is C=CC(=O)OC(C)CC[Si](C)(OC(C)C)OC(C)C. The fraction of sp³-hybridized carbons (Fsp3) is 0.786. The molecule has 0 fully saturated rings. The Morgan fingerprint density at radius 1 is 1.16 bits per heavy atom. The summed E-state index contributed by atoms with van der Waals surface area (Å²) in [5.41, 5.74) is 0. The van der Waals surface area contributed by atoms with Crippen LogP contribution in [0.3, 0.4) is 0 Å². The number of esters is 1. The molecule has 0 rings (SSSR count). The minimum absolute atomic E-state index is 0.140. The molecule has 5 heteroatoms. The van der Waals surface area contributed by atoms with Crippen molar-refractivity contribution in [2.75, 3.05) is 0 Å². The number of hydrogen-bond acceptors (Lipinski definition) is 4. The molecule has 0 heterocycles. The van der Waals surface area contributed by atoms with E-state index in [1.54, 1.807) is 0 Å². The van der Waals surface area contributed by atoms with E-state index in [0.717, 1.165) is 12.5 Å². The van der Waals surface area contributed by atoms with Gasteiger partial charge in [0.05, 0.1) is 6.10 Å². The van der Waals surface area contributed by atoms with Gasteiger partial charge < -0.3 is 13.6 Å². The molecule has 112 valence electrons. The Labute approximate surface area is 118 Å². The van der Waals surface area contributed by atoms with Gasteiger partial charge in [-0.2, -0.15) is 0 Å². The molecule has 0 aliphatic heterocycles. The lowest BCUT2D eigenvalue weighted by molar-refractivity contribution is -0.142. The van der Waals surface area contributed by atoms with E-state index in [0.29, 0.717) is 0 Å². The Balaban J connectivity index is 4.40. The third-order valence-corrected chi connectivity index (χ3v) is 5.60. The highest BCUT2D eigenvalue weighted by atomic mass is 28.4. The molecule has 4 nitrogen and oxygen atoms in total. The summed E-state index contributed by atoms with van der Waals surface area (Å²) in [7, 11) is -2.22. The lowest BCUT2D eigenvalue weighted by Crippen LogP contribution is -2.43. The Hall–Kier alpha value is -0.653. The number of carbonyl (C=O) groups excluding carboxylic acids is 1. The molecule has 0 saturated carbocycles. The highest BCUT2D eigenvalue weighted by Crippen LogP contribution is 2.21. The Morgan fingerprint density at radius 2 is 1.63 bits per heavy atom. The van der Waals surface area contributed by atoms with E-state index in [1.165, 1.54) is 6.08 Å². The monoisotopic (exact) mass is 288 g/mol. The van der Waals surface area contributed by atoms with Gasteiger partial charge in [0.25, 0.3) is 0 Å². The molecule has 0 aromatic rings. The van der Waals surface area contributed by atoms with Crippen molar-refractivity contribution in [1.82, 2.24) is 0 Å². The van der Waals surface area contributed by atoms with Gasteiger partial charge in [-0.25, -0.2) is 4.79 Å². The molecule has 0 aliphatic carbocycles. The van der Waals surface area contributed by atoms with Crippen LogP contribution < -0.4 is 0 Å². The van der Waals surface area contributed by atoms with E-state index in [9.17, 15) is 4.79 Å². The van der Waals surface area contributed by atoms with Crippen LogP contribution in [0.1, 0.15) is 41.0 Å². The minimum atomic E-state index is -2.22. The summed E-state index contributed by atoms with van der Waals surface area (Å²) in [5.74, 6) is -0.384. The predicted octanol–water partition coefficient (Wildman–Crippen LogP) is 3.42. The zero-order chi connectivity index (χ0) is 15.1. The molecule has 0 bridgehead atoms. The second kappa shape index (κ2) is 8.50. The molecule has 0 radical (unpaired) electrons. The van der Waals surface area contributed by atoms with Crippen molar-refractivity contribution < 1.29 is 18.4 Å². The average molecular weight is 288 g/mol. The molecule has 0 spiro atoms. The van der Waals surface area contributed by atoms with Crippen LogP contribution >= 0.6 is 0 Å². The summed E-state index contributed by atoms with van der Waals surface area (Å²) < 4.78 is 17.1. The van der Waals surface area contributed by atoms with Gasteiger partial charge in [-0.05, 0) is 53.6 Å². The van der Waals surface area contributed by atoms with E-state index in [-0.39, 0.29) is 24.3 Å². The van der Waals surface area contributed by atoms with E-state index < -0.39 is 8.56 Å². The first kappa shape index (κ1) is 18.3. The summed E-state index contributed by atoms with van der Waals surface area (Å²) >= 11 is 0. The van der Waals surface area contributed by atoms with Crippen molar-refractivity contribution in [3.05, 3.63) is 12.7 Å². The number of rotatable bonds is 9. The predicted molar refractivity (Wildman–Crippen MR) is 79.2 cm³/mol. The first-order chi connectivity index (χ1) is 8.68. The van der Waals surface area contributed by atoms with Crippen LogP contribution in [-0.2, 0) is 18.4 Å². The maximum absolute atomic E-state index is 11.1. The van der Waals surface area contributed by atoms with Crippen molar-refractivity contribution >= 4 is 14.5 Å². The van der Waals surface area contributed by atoms with Gasteiger partial charge in [0.2, 0.25) is 0 Å². The molecule has 0 aromatic carbocycles. The standard InChI is InChI=1S/C14H28O4Si/c1-8-14(15)16-13(6)9-10-19(7,17-11(2)3)18-12(4)5/h8,11-13H,1,9-10H2,2-7H3. The maximum Gasteiger partial charge on any atom is 0.335 e. The van der Waals surface area contributed by atoms with Crippen LogP contribution in [0.25, 0.3) is 0 Å². The molecule has 0 aromatic heterocycles.